The zero-order valence-electron chi connectivity index (χ0n) is 12.7. The molecule has 1 aliphatic heterocycles. The predicted molar refractivity (Wildman–Crippen MR) is 91.8 cm³/mol. The van der Waals surface area contributed by atoms with E-state index < -0.39 is 5.97 Å². The first kappa shape index (κ1) is 15.4. The Morgan fingerprint density at radius 2 is 2.00 bits per heavy atom. The number of nitrogens with zero attached hydrogens (tertiary/aromatic N) is 1. The summed E-state index contributed by atoms with van der Waals surface area (Å²) in [5.41, 5.74) is 2.91. The molecule has 0 bridgehead atoms. The highest BCUT2D eigenvalue weighted by molar-refractivity contribution is 8.04. The molecule has 0 aromatic heterocycles. The number of aromatic carboxylic acids is 1. The number of aryl methyl sites for hydroxylation is 1. The van der Waals surface area contributed by atoms with Crippen LogP contribution in [-0.4, -0.2) is 24.0 Å². The van der Waals surface area contributed by atoms with E-state index in [9.17, 15) is 9.59 Å². The van der Waals surface area contributed by atoms with Crippen LogP contribution in [0, 0.1) is 6.92 Å². The molecule has 0 spiro atoms. The van der Waals surface area contributed by atoms with E-state index in [-0.39, 0.29) is 11.5 Å². The molecule has 0 unspecified atom stereocenters. The average molecular weight is 325 g/mol. The summed E-state index contributed by atoms with van der Waals surface area (Å²) in [7, 11) is 1.66. The van der Waals surface area contributed by atoms with Gasteiger partial charge in [0.2, 0.25) is 0 Å². The number of benzene rings is 2. The lowest BCUT2D eigenvalue weighted by Crippen LogP contribution is -2.30. The van der Waals surface area contributed by atoms with E-state index in [1.807, 2.05) is 37.3 Å². The lowest BCUT2D eigenvalue weighted by atomic mass is 10.1. The maximum absolute atomic E-state index is 12.5. The van der Waals surface area contributed by atoms with E-state index in [0.29, 0.717) is 10.6 Å². The number of hydrogen-bond acceptors (Lipinski definition) is 3. The Hall–Kier alpha value is -2.53. The van der Waals surface area contributed by atoms with Gasteiger partial charge in [-0.25, -0.2) is 4.79 Å². The molecule has 0 aliphatic carbocycles. The minimum atomic E-state index is -1.00. The van der Waals surface area contributed by atoms with Crippen LogP contribution in [0.4, 0.5) is 5.69 Å². The van der Waals surface area contributed by atoms with Gasteiger partial charge in [0, 0.05) is 11.9 Å². The Morgan fingerprint density at radius 1 is 1.22 bits per heavy atom. The van der Waals surface area contributed by atoms with Crippen LogP contribution in [0.1, 0.15) is 21.5 Å². The number of carbonyl (C=O) groups is 2. The van der Waals surface area contributed by atoms with Crippen molar-refractivity contribution in [2.45, 2.75) is 11.8 Å². The smallest absolute Gasteiger partial charge is 0.335 e. The van der Waals surface area contributed by atoms with Crippen molar-refractivity contribution in [3.05, 3.63) is 64.1 Å². The third kappa shape index (κ3) is 3.00. The molecule has 2 aromatic carbocycles. The Morgan fingerprint density at radius 3 is 2.70 bits per heavy atom. The molecule has 1 N–H and O–H groups in total. The molecule has 3 rings (SSSR count). The maximum atomic E-state index is 12.5. The molecule has 0 saturated carbocycles. The molecule has 1 amide bonds. The second kappa shape index (κ2) is 5.93. The summed E-state index contributed by atoms with van der Waals surface area (Å²) in [6.45, 7) is 2.01. The van der Waals surface area contributed by atoms with Gasteiger partial charge in [0.05, 0.1) is 16.2 Å². The summed E-state index contributed by atoms with van der Waals surface area (Å²) in [5.74, 6) is -1.13. The number of rotatable bonds is 2. The molecule has 5 heteroatoms. The first-order chi connectivity index (χ1) is 11.0. The van der Waals surface area contributed by atoms with Crippen LogP contribution < -0.4 is 4.90 Å². The fraction of sp³-hybridized carbons (Fsp3) is 0.111. The number of hydrogen-bond donors (Lipinski definition) is 1. The summed E-state index contributed by atoms with van der Waals surface area (Å²) < 4.78 is 0. The number of fused-ring (bicyclic) bond motifs is 1. The van der Waals surface area contributed by atoms with Crippen LogP contribution >= 0.6 is 11.8 Å². The van der Waals surface area contributed by atoms with Gasteiger partial charge in [0.15, 0.2) is 0 Å². The van der Waals surface area contributed by atoms with Crippen molar-refractivity contribution >= 4 is 35.4 Å². The Kier molecular flexibility index (Phi) is 3.96. The van der Waals surface area contributed by atoms with Gasteiger partial charge in [-0.1, -0.05) is 41.6 Å². The van der Waals surface area contributed by atoms with E-state index in [2.05, 4.69) is 0 Å². The first-order valence-electron chi connectivity index (χ1n) is 7.07. The highest BCUT2D eigenvalue weighted by Gasteiger charge is 2.27. The van der Waals surface area contributed by atoms with Crippen molar-refractivity contribution < 1.29 is 14.7 Å². The van der Waals surface area contributed by atoms with E-state index >= 15 is 0 Å². The molecule has 2 aromatic rings. The minimum absolute atomic E-state index is 0.133. The van der Waals surface area contributed by atoms with Crippen molar-refractivity contribution in [1.82, 2.24) is 0 Å². The van der Waals surface area contributed by atoms with Gasteiger partial charge in [-0.15, -0.1) is 0 Å². The van der Waals surface area contributed by atoms with Gasteiger partial charge in [0.1, 0.15) is 0 Å². The zero-order valence-corrected chi connectivity index (χ0v) is 13.6. The predicted octanol–water partition coefficient (Wildman–Crippen LogP) is 3.80. The third-order valence-corrected chi connectivity index (χ3v) is 4.72. The number of likely N-dealkylation sites (N-methyl/N-ethyl adjacent to an activating group) is 1. The summed E-state index contributed by atoms with van der Waals surface area (Å²) in [6, 6.07) is 12.8. The SMILES string of the molecule is Cc1cccc(C=C2Sc3ccc(C(=O)O)cc3N(C)C2=O)c1. The van der Waals surface area contributed by atoms with E-state index in [4.69, 9.17) is 5.11 Å². The van der Waals surface area contributed by atoms with Crippen molar-refractivity contribution in [3.63, 3.8) is 0 Å². The van der Waals surface area contributed by atoms with Gasteiger partial charge >= 0.3 is 5.97 Å². The highest BCUT2D eigenvalue weighted by Crippen LogP contribution is 2.41. The Bertz CT molecular complexity index is 842. The molecule has 116 valence electrons. The van der Waals surface area contributed by atoms with Gasteiger partial charge in [-0.2, -0.15) is 0 Å². The molecule has 0 saturated heterocycles. The molecule has 0 radical (unpaired) electrons. The number of amides is 1. The molecule has 0 atom stereocenters. The van der Waals surface area contributed by atoms with Gasteiger partial charge in [-0.3, -0.25) is 4.79 Å². The highest BCUT2D eigenvalue weighted by atomic mass is 32.2. The van der Waals surface area contributed by atoms with E-state index in [1.54, 1.807) is 19.2 Å². The van der Waals surface area contributed by atoms with Gasteiger partial charge in [0.25, 0.3) is 5.91 Å². The number of carboxylic acid groups (broad SMARTS) is 1. The summed E-state index contributed by atoms with van der Waals surface area (Å²) in [6.07, 6.45) is 1.87. The maximum Gasteiger partial charge on any atom is 0.335 e. The number of carboxylic acids is 1. The molecule has 23 heavy (non-hydrogen) atoms. The molecule has 4 nitrogen and oxygen atoms in total. The fourth-order valence-electron chi connectivity index (χ4n) is 2.44. The molecule has 1 heterocycles. The lowest BCUT2D eigenvalue weighted by molar-refractivity contribution is -0.114. The van der Waals surface area contributed by atoms with Crippen molar-refractivity contribution in [3.8, 4) is 0 Å². The topological polar surface area (TPSA) is 57.6 Å². The minimum Gasteiger partial charge on any atom is -0.478 e. The van der Waals surface area contributed by atoms with Gasteiger partial charge < -0.3 is 10.0 Å². The lowest BCUT2D eigenvalue weighted by Gasteiger charge is -2.27. The van der Waals surface area contributed by atoms with Crippen LogP contribution in [0.5, 0.6) is 0 Å². The Labute approximate surface area is 138 Å². The van der Waals surface area contributed by atoms with Crippen LogP contribution in [0.3, 0.4) is 0 Å². The summed E-state index contributed by atoms with van der Waals surface area (Å²) in [5, 5.41) is 9.09. The number of anilines is 1. The average Bonchev–Trinajstić information content (AvgIpc) is 2.52. The third-order valence-electron chi connectivity index (χ3n) is 3.64. The summed E-state index contributed by atoms with van der Waals surface area (Å²) >= 11 is 1.37. The van der Waals surface area contributed by atoms with Crippen LogP contribution in [0.15, 0.2) is 52.3 Å². The molecule has 0 fully saturated rings. The van der Waals surface area contributed by atoms with Gasteiger partial charge in [-0.05, 0) is 36.8 Å². The largest absolute Gasteiger partial charge is 0.478 e. The number of thioether (sulfide) groups is 1. The Balaban J connectivity index is 2.01. The fourth-order valence-corrected chi connectivity index (χ4v) is 3.53. The second-order valence-corrected chi connectivity index (χ2v) is 6.46. The monoisotopic (exact) mass is 325 g/mol. The second-order valence-electron chi connectivity index (χ2n) is 5.38. The number of carbonyl (C=O) groups excluding carboxylic acids is 1. The first-order valence-corrected chi connectivity index (χ1v) is 7.89. The molecular formula is C18H15NO3S. The normalized spacial score (nSPS) is 15.7. The van der Waals surface area contributed by atoms with Crippen molar-refractivity contribution in [2.24, 2.45) is 0 Å². The summed E-state index contributed by atoms with van der Waals surface area (Å²) in [4.78, 5) is 26.6. The van der Waals surface area contributed by atoms with Crippen LogP contribution in [0.25, 0.3) is 6.08 Å². The van der Waals surface area contributed by atoms with Crippen LogP contribution in [0.2, 0.25) is 0 Å². The van der Waals surface area contributed by atoms with E-state index in [1.165, 1.54) is 22.7 Å². The van der Waals surface area contributed by atoms with Crippen molar-refractivity contribution in [2.75, 3.05) is 11.9 Å². The molecular weight excluding hydrogens is 310 g/mol. The quantitative estimate of drug-likeness (QED) is 0.853. The van der Waals surface area contributed by atoms with Crippen LogP contribution in [-0.2, 0) is 4.79 Å². The molecule has 1 aliphatic rings. The van der Waals surface area contributed by atoms with Crippen molar-refractivity contribution in [1.29, 1.82) is 0 Å². The zero-order chi connectivity index (χ0) is 16.6. The standard InChI is InChI=1S/C18H15NO3S/c1-11-4-3-5-12(8-11)9-16-17(20)19(2)14-10-13(18(21)22)6-7-15(14)23-16/h3-10H,1-2H3,(H,21,22). The van der Waals surface area contributed by atoms with E-state index in [0.717, 1.165) is 16.0 Å².